The number of rotatable bonds is 4. The molecule has 0 aromatic heterocycles. The van der Waals surface area contributed by atoms with E-state index in [1.165, 1.54) is 25.3 Å². The Hall–Kier alpha value is -0.680. The Bertz CT molecular complexity index is 479. The van der Waals surface area contributed by atoms with Crippen molar-refractivity contribution in [3.8, 4) is 0 Å². The van der Waals surface area contributed by atoms with Crippen LogP contribution in [0, 0.1) is 11.7 Å². The van der Waals surface area contributed by atoms with Gasteiger partial charge in [-0.15, -0.1) is 0 Å². The summed E-state index contributed by atoms with van der Waals surface area (Å²) in [4.78, 5) is 0. The molecule has 1 aromatic rings. The van der Waals surface area contributed by atoms with Crippen molar-refractivity contribution in [1.82, 2.24) is 10.6 Å². The number of nitrogens with one attached hydrogen (secondary N) is 2. The minimum Gasteiger partial charge on any atom is -0.379 e. The van der Waals surface area contributed by atoms with E-state index in [-0.39, 0.29) is 10.8 Å². The van der Waals surface area contributed by atoms with Crippen LogP contribution in [0.25, 0.3) is 0 Å². The van der Waals surface area contributed by atoms with Crippen molar-refractivity contribution < 1.29 is 9.13 Å². The fourth-order valence-electron chi connectivity index (χ4n) is 3.48. The molecule has 0 radical (unpaired) electrons. The molecule has 21 heavy (non-hydrogen) atoms. The zero-order chi connectivity index (χ0) is 14.7. The van der Waals surface area contributed by atoms with E-state index in [0.29, 0.717) is 18.0 Å². The van der Waals surface area contributed by atoms with E-state index in [2.05, 4.69) is 10.6 Å². The molecule has 2 aliphatic rings. The zero-order valence-corrected chi connectivity index (χ0v) is 12.8. The Labute approximate surface area is 130 Å². The van der Waals surface area contributed by atoms with Crippen LogP contribution in [0.5, 0.6) is 0 Å². The molecule has 0 spiro atoms. The molecular formula is C16H22ClFN2O. The lowest BCUT2D eigenvalue weighted by Gasteiger charge is -2.33. The molecule has 0 amide bonds. The molecule has 3 atom stereocenters. The molecule has 3 rings (SSSR count). The first kappa shape index (κ1) is 15.2. The van der Waals surface area contributed by atoms with E-state index in [1.54, 1.807) is 12.1 Å². The third kappa shape index (κ3) is 3.75. The van der Waals surface area contributed by atoms with Crippen LogP contribution in [0.2, 0.25) is 5.02 Å². The molecule has 1 aliphatic carbocycles. The van der Waals surface area contributed by atoms with Gasteiger partial charge >= 0.3 is 0 Å². The largest absolute Gasteiger partial charge is 0.379 e. The van der Waals surface area contributed by atoms with Crippen LogP contribution in [0.1, 0.15) is 24.8 Å². The summed E-state index contributed by atoms with van der Waals surface area (Å²) in [6, 6.07) is 5.88. The summed E-state index contributed by atoms with van der Waals surface area (Å²) in [5.41, 5.74) is 1.03. The van der Waals surface area contributed by atoms with Crippen molar-refractivity contribution in [3.05, 3.63) is 34.6 Å². The number of morpholine rings is 1. The van der Waals surface area contributed by atoms with Gasteiger partial charge < -0.3 is 15.4 Å². The molecule has 2 N–H and O–H groups in total. The maximum atomic E-state index is 13.2. The van der Waals surface area contributed by atoms with Crippen LogP contribution >= 0.6 is 11.6 Å². The van der Waals surface area contributed by atoms with E-state index in [1.807, 2.05) is 0 Å². The highest BCUT2D eigenvalue weighted by Crippen LogP contribution is 2.29. The van der Waals surface area contributed by atoms with Gasteiger partial charge in [-0.2, -0.15) is 0 Å². The van der Waals surface area contributed by atoms with Crippen LogP contribution < -0.4 is 10.6 Å². The van der Waals surface area contributed by atoms with Crippen molar-refractivity contribution in [1.29, 1.82) is 0 Å². The lowest BCUT2D eigenvalue weighted by Crippen LogP contribution is -2.50. The Balaban J connectivity index is 1.57. The molecule has 3 unspecified atom stereocenters. The van der Waals surface area contributed by atoms with Gasteiger partial charge in [0, 0.05) is 25.2 Å². The lowest BCUT2D eigenvalue weighted by molar-refractivity contribution is 0.0524. The normalized spacial score (nSPS) is 29.7. The van der Waals surface area contributed by atoms with Crippen molar-refractivity contribution in [2.45, 2.75) is 37.9 Å². The predicted octanol–water partition coefficient (Wildman–Crippen LogP) is 2.73. The second kappa shape index (κ2) is 7.05. The van der Waals surface area contributed by atoms with Gasteiger partial charge in [-0.3, -0.25) is 0 Å². The lowest BCUT2D eigenvalue weighted by atomic mass is 9.94. The Morgan fingerprint density at radius 2 is 2.29 bits per heavy atom. The Kier molecular flexibility index (Phi) is 5.11. The molecule has 1 aliphatic heterocycles. The summed E-state index contributed by atoms with van der Waals surface area (Å²) in [6.45, 7) is 3.30. The summed E-state index contributed by atoms with van der Waals surface area (Å²) in [5, 5.41) is 7.38. The minimum atomic E-state index is -0.359. The summed E-state index contributed by atoms with van der Waals surface area (Å²) in [5.74, 6) is 0.254. The number of hydrogen-bond donors (Lipinski definition) is 2. The standard InChI is InChI=1S/C16H22ClFN2O/c17-13-8-11(4-5-14(13)18)9-20-15-3-1-2-12(15)16-10-21-7-6-19-16/h4-5,8,12,15-16,19-20H,1-3,6-7,9-10H2. The van der Waals surface area contributed by atoms with Crippen LogP contribution in [-0.4, -0.2) is 31.8 Å². The number of halogens is 2. The minimum absolute atomic E-state index is 0.194. The van der Waals surface area contributed by atoms with E-state index in [4.69, 9.17) is 16.3 Å². The van der Waals surface area contributed by atoms with E-state index in [0.717, 1.165) is 31.9 Å². The molecule has 1 heterocycles. The van der Waals surface area contributed by atoms with Gasteiger partial charge in [0.1, 0.15) is 5.82 Å². The zero-order valence-electron chi connectivity index (χ0n) is 12.1. The predicted molar refractivity (Wildman–Crippen MR) is 82.0 cm³/mol. The fourth-order valence-corrected chi connectivity index (χ4v) is 3.69. The highest BCUT2D eigenvalue weighted by atomic mass is 35.5. The fraction of sp³-hybridized carbons (Fsp3) is 0.625. The van der Waals surface area contributed by atoms with E-state index >= 15 is 0 Å². The van der Waals surface area contributed by atoms with E-state index < -0.39 is 0 Å². The average Bonchev–Trinajstić information content (AvgIpc) is 2.98. The van der Waals surface area contributed by atoms with Gasteiger partial charge in [-0.05, 0) is 36.5 Å². The average molecular weight is 313 g/mol. The maximum absolute atomic E-state index is 13.2. The molecule has 1 saturated carbocycles. The van der Waals surface area contributed by atoms with Crippen LogP contribution in [0.15, 0.2) is 18.2 Å². The van der Waals surface area contributed by atoms with E-state index in [9.17, 15) is 4.39 Å². The SMILES string of the molecule is Fc1ccc(CNC2CCCC2C2COCCN2)cc1Cl. The van der Waals surface area contributed by atoms with Gasteiger partial charge in [-0.1, -0.05) is 24.1 Å². The van der Waals surface area contributed by atoms with Crippen molar-refractivity contribution in [2.24, 2.45) is 5.92 Å². The second-order valence-electron chi connectivity index (χ2n) is 5.97. The highest BCUT2D eigenvalue weighted by Gasteiger charge is 2.34. The first-order chi connectivity index (χ1) is 10.2. The molecule has 116 valence electrons. The summed E-state index contributed by atoms with van der Waals surface area (Å²) < 4.78 is 18.8. The maximum Gasteiger partial charge on any atom is 0.141 e. The molecule has 2 fully saturated rings. The Morgan fingerprint density at radius 1 is 1.38 bits per heavy atom. The molecule has 5 heteroatoms. The van der Waals surface area contributed by atoms with Gasteiger partial charge in [0.05, 0.1) is 18.2 Å². The van der Waals surface area contributed by atoms with Crippen LogP contribution in [0.4, 0.5) is 4.39 Å². The van der Waals surface area contributed by atoms with Crippen molar-refractivity contribution >= 4 is 11.6 Å². The highest BCUT2D eigenvalue weighted by molar-refractivity contribution is 6.30. The number of ether oxygens (including phenoxy) is 1. The topological polar surface area (TPSA) is 33.3 Å². The molecule has 3 nitrogen and oxygen atoms in total. The molecule has 0 bridgehead atoms. The third-order valence-corrected chi connectivity index (χ3v) is 4.88. The van der Waals surface area contributed by atoms with Gasteiger partial charge in [0.25, 0.3) is 0 Å². The van der Waals surface area contributed by atoms with Crippen molar-refractivity contribution in [3.63, 3.8) is 0 Å². The third-order valence-electron chi connectivity index (χ3n) is 4.59. The van der Waals surface area contributed by atoms with Crippen LogP contribution in [0.3, 0.4) is 0 Å². The summed E-state index contributed by atoms with van der Waals surface area (Å²) >= 11 is 5.83. The van der Waals surface area contributed by atoms with Crippen LogP contribution in [-0.2, 0) is 11.3 Å². The molecule has 1 aromatic carbocycles. The second-order valence-corrected chi connectivity index (χ2v) is 6.37. The summed E-state index contributed by atoms with van der Waals surface area (Å²) in [6.07, 6.45) is 3.69. The first-order valence-electron chi connectivity index (χ1n) is 7.72. The van der Waals surface area contributed by atoms with Gasteiger partial charge in [0.2, 0.25) is 0 Å². The number of hydrogen-bond acceptors (Lipinski definition) is 3. The number of benzene rings is 1. The molecule has 1 saturated heterocycles. The quantitative estimate of drug-likeness (QED) is 0.897. The monoisotopic (exact) mass is 312 g/mol. The molecular weight excluding hydrogens is 291 g/mol. The van der Waals surface area contributed by atoms with Gasteiger partial charge in [-0.25, -0.2) is 4.39 Å². The smallest absolute Gasteiger partial charge is 0.141 e. The Morgan fingerprint density at radius 3 is 3.05 bits per heavy atom. The summed E-state index contributed by atoms with van der Waals surface area (Å²) in [7, 11) is 0. The van der Waals surface area contributed by atoms with Gasteiger partial charge in [0.15, 0.2) is 0 Å². The first-order valence-corrected chi connectivity index (χ1v) is 8.10. The van der Waals surface area contributed by atoms with Crippen molar-refractivity contribution in [2.75, 3.05) is 19.8 Å².